The van der Waals surface area contributed by atoms with Crippen LogP contribution >= 0.6 is 11.3 Å². The molecule has 19 heavy (non-hydrogen) atoms. The Hall–Kier alpha value is -0.650. The highest BCUT2D eigenvalue weighted by Gasteiger charge is 2.34. The highest BCUT2D eigenvalue weighted by atomic mass is 32.1. The second-order valence-electron chi connectivity index (χ2n) is 5.88. The molecule has 106 valence electrons. The molecule has 0 bridgehead atoms. The third kappa shape index (κ3) is 2.64. The Labute approximate surface area is 119 Å². The van der Waals surface area contributed by atoms with Crippen LogP contribution in [0.1, 0.15) is 44.9 Å². The van der Waals surface area contributed by atoms with E-state index >= 15 is 0 Å². The fourth-order valence-corrected chi connectivity index (χ4v) is 4.24. The molecule has 3 atom stereocenters. The summed E-state index contributed by atoms with van der Waals surface area (Å²) in [6.07, 6.45) is 3.57. The number of aliphatic hydroxyl groups excluding tert-OH is 1. The molecule has 0 saturated carbocycles. The summed E-state index contributed by atoms with van der Waals surface area (Å²) < 4.78 is 0. The number of piperazine rings is 1. The van der Waals surface area contributed by atoms with Crippen molar-refractivity contribution in [2.24, 2.45) is 0 Å². The van der Waals surface area contributed by atoms with Gasteiger partial charge in [-0.2, -0.15) is 0 Å². The Morgan fingerprint density at radius 3 is 3.00 bits per heavy atom. The summed E-state index contributed by atoms with van der Waals surface area (Å²) in [6, 6.07) is 1.21. The maximum atomic E-state index is 9.61. The molecule has 0 aliphatic carbocycles. The van der Waals surface area contributed by atoms with Gasteiger partial charge in [-0.05, 0) is 33.2 Å². The molecule has 0 amide bonds. The van der Waals surface area contributed by atoms with Gasteiger partial charge in [-0.1, -0.05) is 6.42 Å². The van der Waals surface area contributed by atoms with Gasteiger partial charge >= 0.3 is 0 Å². The van der Waals surface area contributed by atoms with Crippen molar-refractivity contribution in [2.45, 2.75) is 51.3 Å². The molecule has 2 fully saturated rings. The lowest BCUT2D eigenvalue weighted by Crippen LogP contribution is -2.58. The van der Waals surface area contributed by atoms with Gasteiger partial charge in [-0.15, -0.1) is 11.3 Å². The minimum Gasteiger partial charge on any atom is -0.387 e. The Balaban J connectivity index is 1.75. The standard InChI is InChI=1S/C14H23N3OS/c1-10-7-16-6-4-3-5-12(16)8-17(10)14-15-13(9-19-14)11(2)18/h9-12,18H,3-8H2,1-2H3. The highest BCUT2D eigenvalue weighted by molar-refractivity contribution is 7.13. The summed E-state index contributed by atoms with van der Waals surface area (Å²) in [7, 11) is 0. The second kappa shape index (κ2) is 5.38. The van der Waals surface area contributed by atoms with Crippen molar-refractivity contribution in [1.82, 2.24) is 9.88 Å². The summed E-state index contributed by atoms with van der Waals surface area (Å²) in [5.41, 5.74) is 0.804. The van der Waals surface area contributed by atoms with Crippen LogP contribution in [0.2, 0.25) is 0 Å². The average Bonchev–Trinajstić information content (AvgIpc) is 2.87. The molecule has 2 aliphatic rings. The molecule has 0 aromatic carbocycles. The average molecular weight is 281 g/mol. The smallest absolute Gasteiger partial charge is 0.185 e. The lowest BCUT2D eigenvalue weighted by molar-refractivity contribution is 0.115. The van der Waals surface area contributed by atoms with Crippen LogP contribution in [0, 0.1) is 0 Å². The fraction of sp³-hybridized carbons (Fsp3) is 0.786. The summed E-state index contributed by atoms with van der Waals surface area (Å²) in [5.74, 6) is 0. The number of piperidine rings is 1. The minimum absolute atomic E-state index is 0.462. The van der Waals surface area contributed by atoms with Gasteiger partial charge in [-0.25, -0.2) is 4.98 Å². The van der Waals surface area contributed by atoms with Gasteiger partial charge in [0, 0.05) is 30.6 Å². The van der Waals surface area contributed by atoms with E-state index < -0.39 is 6.10 Å². The lowest BCUT2D eigenvalue weighted by atomic mass is 9.97. The molecule has 0 spiro atoms. The first-order chi connectivity index (χ1) is 9.15. The van der Waals surface area contributed by atoms with Crippen molar-refractivity contribution >= 4 is 16.5 Å². The number of fused-ring (bicyclic) bond motifs is 1. The molecule has 3 heterocycles. The van der Waals surface area contributed by atoms with Crippen LogP contribution in [0.4, 0.5) is 5.13 Å². The third-order valence-corrected chi connectivity index (χ3v) is 5.27. The predicted molar refractivity (Wildman–Crippen MR) is 78.8 cm³/mol. The normalized spacial score (nSPS) is 30.2. The number of aromatic nitrogens is 1. The summed E-state index contributed by atoms with van der Waals surface area (Å²) in [5, 5.41) is 12.7. The number of thiazole rings is 1. The summed E-state index contributed by atoms with van der Waals surface area (Å²) in [4.78, 5) is 9.68. The topological polar surface area (TPSA) is 39.6 Å². The zero-order chi connectivity index (χ0) is 13.4. The van der Waals surface area contributed by atoms with E-state index in [1.807, 2.05) is 5.38 Å². The third-order valence-electron chi connectivity index (χ3n) is 4.37. The van der Waals surface area contributed by atoms with Crippen LogP contribution in [-0.2, 0) is 0 Å². The predicted octanol–water partition coefficient (Wildman–Crippen LogP) is 2.26. The first-order valence-electron chi connectivity index (χ1n) is 7.29. The highest BCUT2D eigenvalue weighted by Crippen LogP contribution is 2.31. The Bertz CT molecular complexity index is 434. The van der Waals surface area contributed by atoms with Gasteiger partial charge < -0.3 is 10.0 Å². The van der Waals surface area contributed by atoms with E-state index in [1.54, 1.807) is 18.3 Å². The van der Waals surface area contributed by atoms with Crippen LogP contribution < -0.4 is 4.90 Å². The molecule has 5 heteroatoms. The van der Waals surface area contributed by atoms with Crippen molar-refractivity contribution in [3.05, 3.63) is 11.1 Å². The van der Waals surface area contributed by atoms with Crippen molar-refractivity contribution in [3.8, 4) is 0 Å². The molecule has 1 aromatic rings. The van der Waals surface area contributed by atoms with Gasteiger partial charge in [0.15, 0.2) is 5.13 Å². The lowest BCUT2D eigenvalue weighted by Gasteiger charge is -2.47. The van der Waals surface area contributed by atoms with Gasteiger partial charge in [0.05, 0.1) is 11.8 Å². The number of anilines is 1. The number of rotatable bonds is 2. The summed E-state index contributed by atoms with van der Waals surface area (Å²) >= 11 is 1.66. The monoisotopic (exact) mass is 281 g/mol. The number of aliphatic hydroxyl groups is 1. The van der Waals surface area contributed by atoms with Gasteiger partial charge in [0.2, 0.25) is 0 Å². The zero-order valence-electron chi connectivity index (χ0n) is 11.7. The van der Waals surface area contributed by atoms with Crippen LogP contribution in [-0.4, -0.2) is 46.7 Å². The Morgan fingerprint density at radius 1 is 1.42 bits per heavy atom. The van der Waals surface area contributed by atoms with Crippen LogP contribution in [0.5, 0.6) is 0 Å². The molecule has 4 nitrogen and oxygen atoms in total. The number of nitrogens with zero attached hydrogens (tertiary/aromatic N) is 3. The molecule has 1 N–H and O–H groups in total. The molecule has 0 radical (unpaired) electrons. The number of hydrogen-bond acceptors (Lipinski definition) is 5. The molecular formula is C14H23N3OS. The number of hydrogen-bond donors (Lipinski definition) is 1. The summed E-state index contributed by atoms with van der Waals surface area (Å²) in [6.45, 7) is 7.57. The fourth-order valence-electron chi connectivity index (χ4n) is 3.22. The van der Waals surface area contributed by atoms with Crippen LogP contribution in [0.25, 0.3) is 0 Å². The van der Waals surface area contributed by atoms with Gasteiger partial charge in [0.25, 0.3) is 0 Å². The van der Waals surface area contributed by atoms with Gasteiger partial charge in [0.1, 0.15) is 0 Å². The molecule has 2 saturated heterocycles. The van der Waals surface area contributed by atoms with E-state index in [4.69, 9.17) is 0 Å². The Morgan fingerprint density at radius 2 is 2.26 bits per heavy atom. The SMILES string of the molecule is CC(O)c1csc(N2CC3CCCCN3CC2C)n1. The maximum absolute atomic E-state index is 9.61. The van der Waals surface area contributed by atoms with E-state index in [-0.39, 0.29) is 0 Å². The minimum atomic E-state index is -0.462. The molecule has 1 aromatic heterocycles. The second-order valence-corrected chi connectivity index (χ2v) is 6.71. The van der Waals surface area contributed by atoms with E-state index in [1.165, 1.54) is 25.8 Å². The quantitative estimate of drug-likeness (QED) is 0.902. The van der Waals surface area contributed by atoms with E-state index in [0.29, 0.717) is 12.1 Å². The van der Waals surface area contributed by atoms with E-state index in [9.17, 15) is 5.11 Å². The van der Waals surface area contributed by atoms with Crippen LogP contribution in [0.3, 0.4) is 0 Å². The Kier molecular flexibility index (Phi) is 3.78. The first kappa shape index (κ1) is 13.3. The van der Waals surface area contributed by atoms with Crippen molar-refractivity contribution in [1.29, 1.82) is 0 Å². The molecular weight excluding hydrogens is 258 g/mol. The first-order valence-corrected chi connectivity index (χ1v) is 8.17. The van der Waals surface area contributed by atoms with Crippen molar-refractivity contribution in [2.75, 3.05) is 24.5 Å². The van der Waals surface area contributed by atoms with E-state index in [2.05, 4.69) is 21.7 Å². The maximum Gasteiger partial charge on any atom is 0.185 e. The zero-order valence-corrected chi connectivity index (χ0v) is 12.6. The largest absolute Gasteiger partial charge is 0.387 e. The van der Waals surface area contributed by atoms with Crippen molar-refractivity contribution in [3.63, 3.8) is 0 Å². The van der Waals surface area contributed by atoms with Crippen LogP contribution in [0.15, 0.2) is 5.38 Å². The molecule has 2 aliphatic heterocycles. The molecule has 3 rings (SSSR count). The van der Waals surface area contributed by atoms with E-state index in [0.717, 1.165) is 23.9 Å². The van der Waals surface area contributed by atoms with Gasteiger partial charge in [-0.3, -0.25) is 4.90 Å². The molecule has 3 unspecified atom stereocenters. The van der Waals surface area contributed by atoms with Crippen molar-refractivity contribution < 1.29 is 5.11 Å².